The molecule has 3 N–H and O–H groups in total. The van der Waals surface area contributed by atoms with Crippen LogP contribution >= 0.6 is 11.3 Å². The number of aryl methyl sites for hydroxylation is 1. The van der Waals surface area contributed by atoms with Crippen LogP contribution in [0.4, 0.5) is 5.13 Å². The van der Waals surface area contributed by atoms with Gasteiger partial charge in [-0.3, -0.25) is 0 Å². The van der Waals surface area contributed by atoms with Gasteiger partial charge in [0.1, 0.15) is 0 Å². The molecule has 0 bridgehead atoms. The Hall–Kier alpha value is -1.44. The Labute approximate surface area is 122 Å². The minimum atomic E-state index is -3.32. The van der Waals surface area contributed by atoms with Crippen LogP contribution in [0.3, 0.4) is 0 Å². The summed E-state index contributed by atoms with van der Waals surface area (Å²) < 4.78 is 26.5. The molecule has 1 aromatic carbocycles. The van der Waals surface area contributed by atoms with Crippen LogP contribution in [0.5, 0.6) is 0 Å². The first-order valence-corrected chi connectivity index (χ1v) is 8.70. The van der Waals surface area contributed by atoms with E-state index in [1.807, 2.05) is 36.6 Å². The molecule has 0 saturated heterocycles. The number of hydrogen-bond donors (Lipinski definition) is 2. The number of thiazole rings is 1. The summed E-state index contributed by atoms with van der Waals surface area (Å²) in [5.41, 5.74) is 8.17. The lowest BCUT2D eigenvalue weighted by Gasteiger charge is -2.06. The fraction of sp³-hybridized carbons (Fsp3) is 0.308. The zero-order chi connectivity index (χ0) is 14.6. The molecule has 0 aliphatic rings. The summed E-state index contributed by atoms with van der Waals surface area (Å²) >= 11 is 1.36. The Kier molecular flexibility index (Phi) is 4.74. The molecule has 0 spiro atoms. The molecule has 0 aliphatic carbocycles. The summed E-state index contributed by atoms with van der Waals surface area (Å²) in [7, 11) is -3.32. The van der Waals surface area contributed by atoms with Crippen molar-refractivity contribution in [2.75, 3.05) is 12.3 Å². The molecule has 20 heavy (non-hydrogen) atoms. The van der Waals surface area contributed by atoms with E-state index in [1.54, 1.807) is 0 Å². The van der Waals surface area contributed by atoms with Gasteiger partial charge in [0.25, 0.3) is 0 Å². The molecule has 0 radical (unpaired) electrons. The third-order valence-electron chi connectivity index (χ3n) is 2.71. The monoisotopic (exact) mass is 311 g/mol. The van der Waals surface area contributed by atoms with Crippen molar-refractivity contribution in [1.29, 1.82) is 0 Å². The Morgan fingerprint density at radius 2 is 2.20 bits per heavy atom. The molecule has 0 aliphatic heterocycles. The van der Waals surface area contributed by atoms with Gasteiger partial charge >= 0.3 is 0 Å². The topological polar surface area (TPSA) is 85.1 Å². The Bertz CT molecular complexity index is 680. The van der Waals surface area contributed by atoms with Crippen molar-refractivity contribution < 1.29 is 8.42 Å². The first-order chi connectivity index (χ1) is 9.44. The zero-order valence-corrected chi connectivity index (χ0v) is 12.8. The SMILES string of the molecule is Cc1cccc(CS(=O)(=O)NCCc2csc(N)n2)c1. The van der Waals surface area contributed by atoms with Gasteiger partial charge in [-0.15, -0.1) is 11.3 Å². The Morgan fingerprint density at radius 1 is 1.40 bits per heavy atom. The molecule has 1 aromatic heterocycles. The molecule has 2 rings (SSSR count). The maximum Gasteiger partial charge on any atom is 0.215 e. The first-order valence-electron chi connectivity index (χ1n) is 6.17. The second-order valence-electron chi connectivity index (χ2n) is 4.57. The summed E-state index contributed by atoms with van der Waals surface area (Å²) in [6, 6.07) is 7.49. The molecule has 0 saturated carbocycles. The molecule has 0 atom stereocenters. The molecule has 108 valence electrons. The highest BCUT2D eigenvalue weighted by molar-refractivity contribution is 7.88. The largest absolute Gasteiger partial charge is 0.375 e. The molecule has 5 nitrogen and oxygen atoms in total. The van der Waals surface area contributed by atoms with E-state index in [-0.39, 0.29) is 5.75 Å². The predicted molar refractivity (Wildman–Crippen MR) is 82.0 cm³/mol. The van der Waals surface area contributed by atoms with E-state index in [0.717, 1.165) is 16.8 Å². The number of aromatic nitrogens is 1. The van der Waals surface area contributed by atoms with Crippen molar-refractivity contribution in [3.05, 3.63) is 46.5 Å². The number of nitrogens with two attached hydrogens (primary N) is 1. The van der Waals surface area contributed by atoms with E-state index in [1.165, 1.54) is 11.3 Å². The van der Waals surface area contributed by atoms with Gasteiger partial charge in [-0.1, -0.05) is 29.8 Å². The quantitative estimate of drug-likeness (QED) is 0.850. The van der Waals surface area contributed by atoms with Crippen LogP contribution in [0.1, 0.15) is 16.8 Å². The van der Waals surface area contributed by atoms with Gasteiger partial charge in [-0.05, 0) is 12.5 Å². The third kappa shape index (κ3) is 4.59. The van der Waals surface area contributed by atoms with Crippen molar-refractivity contribution in [1.82, 2.24) is 9.71 Å². The smallest absolute Gasteiger partial charge is 0.215 e. The van der Waals surface area contributed by atoms with E-state index < -0.39 is 10.0 Å². The van der Waals surface area contributed by atoms with Crippen molar-refractivity contribution in [2.24, 2.45) is 0 Å². The van der Waals surface area contributed by atoms with Crippen LogP contribution in [-0.4, -0.2) is 19.9 Å². The first kappa shape index (κ1) is 15.0. The van der Waals surface area contributed by atoms with Crippen molar-refractivity contribution >= 4 is 26.5 Å². The second-order valence-corrected chi connectivity index (χ2v) is 7.27. The average Bonchev–Trinajstić information content (AvgIpc) is 2.74. The van der Waals surface area contributed by atoms with Crippen LogP contribution in [0.2, 0.25) is 0 Å². The van der Waals surface area contributed by atoms with Crippen molar-refractivity contribution in [3.63, 3.8) is 0 Å². The Balaban J connectivity index is 1.88. The van der Waals surface area contributed by atoms with Crippen LogP contribution in [0.25, 0.3) is 0 Å². The molecule has 2 aromatic rings. The average molecular weight is 311 g/mol. The van der Waals surface area contributed by atoms with Gasteiger partial charge in [0.05, 0.1) is 11.4 Å². The Morgan fingerprint density at radius 3 is 2.85 bits per heavy atom. The summed E-state index contributed by atoms with van der Waals surface area (Å²) in [6.45, 7) is 2.27. The normalized spacial score (nSPS) is 11.7. The summed E-state index contributed by atoms with van der Waals surface area (Å²) in [5.74, 6) is -0.00607. The van der Waals surface area contributed by atoms with Gasteiger partial charge in [0, 0.05) is 18.3 Å². The fourth-order valence-electron chi connectivity index (χ4n) is 1.84. The van der Waals surface area contributed by atoms with Crippen LogP contribution < -0.4 is 10.5 Å². The van der Waals surface area contributed by atoms with Gasteiger partial charge in [-0.2, -0.15) is 0 Å². The van der Waals surface area contributed by atoms with E-state index in [9.17, 15) is 8.42 Å². The third-order valence-corrected chi connectivity index (χ3v) is 4.79. The van der Waals surface area contributed by atoms with Gasteiger partial charge in [0.2, 0.25) is 10.0 Å². The lowest BCUT2D eigenvalue weighted by atomic mass is 10.2. The van der Waals surface area contributed by atoms with E-state index in [0.29, 0.717) is 18.1 Å². The lowest BCUT2D eigenvalue weighted by molar-refractivity contribution is 0.580. The summed E-state index contributed by atoms with van der Waals surface area (Å²) in [5, 5.41) is 2.34. The molecule has 7 heteroatoms. The van der Waals surface area contributed by atoms with Crippen LogP contribution in [0.15, 0.2) is 29.6 Å². The van der Waals surface area contributed by atoms with E-state index in [2.05, 4.69) is 9.71 Å². The fourth-order valence-corrected chi connectivity index (χ4v) is 3.58. The number of anilines is 1. The summed E-state index contributed by atoms with van der Waals surface area (Å²) in [4.78, 5) is 4.09. The maximum absolute atomic E-state index is 12.0. The maximum atomic E-state index is 12.0. The predicted octanol–water partition coefficient (Wildman–Crippen LogP) is 1.70. The number of nitrogens with zero attached hydrogens (tertiary/aromatic N) is 1. The molecular formula is C13H17N3O2S2. The van der Waals surface area contributed by atoms with Crippen LogP contribution in [0, 0.1) is 6.92 Å². The highest BCUT2D eigenvalue weighted by Gasteiger charge is 2.11. The minimum Gasteiger partial charge on any atom is -0.375 e. The minimum absolute atomic E-state index is 0.00607. The van der Waals surface area contributed by atoms with Gasteiger partial charge < -0.3 is 5.73 Å². The van der Waals surface area contributed by atoms with E-state index >= 15 is 0 Å². The second kappa shape index (κ2) is 6.34. The number of sulfonamides is 1. The molecule has 0 amide bonds. The van der Waals surface area contributed by atoms with Gasteiger partial charge in [0.15, 0.2) is 5.13 Å². The molecule has 0 fully saturated rings. The number of benzene rings is 1. The number of hydrogen-bond acceptors (Lipinski definition) is 5. The highest BCUT2D eigenvalue weighted by Crippen LogP contribution is 2.11. The highest BCUT2D eigenvalue weighted by atomic mass is 32.2. The zero-order valence-electron chi connectivity index (χ0n) is 11.2. The van der Waals surface area contributed by atoms with Crippen molar-refractivity contribution in [3.8, 4) is 0 Å². The number of nitrogens with one attached hydrogen (secondary N) is 1. The van der Waals surface area contributed by atoms with Crippen LogP contribution in [-0.2, 0) is 22.2 Å². The van der Waals surface area contributed by atoms with E-state index in [4.69, 9.17) is 5.73 Å². The molecular weight excluding hydrogens is 294 g/mol. The summed E-state index contributed by atoms with van der Waals surface area (Å²) in [6.07, 6.45) is 0.542. The van der Waals surface area contributed by atoms with Crippen molar-refractivity contribution in [2.45, 2.75) is 19.1 Å². The van der Waals surface area contributed by atoms with Gasteiger partial charge in [-0.25, -0.2) is 18.1 Å². The lowest BCUT2D eigenvalue weighted by Crippen LogP contribution is -2.27. The molecule has 1 heterocycles. The standard InChI is InChI=1S/C13H17N3O2S2/c1-10-3-2-4-11(7-10)9-20(17,18)15-6-5-12-8-19-13(14)16-12/h2-4,7-8,15H,5-6,9H2,1H3,(H2,14,16). The number of nitrogen functional groups attached to an aromatic ring is 1. The number of rotatable bonds is 6. The molecule has 0 unspecified atom stereocenters.